The molecule has 2 fully saturated rings. The first-order valence-electron chi connectivity index (χ1n) is 19.6. The zero-order valence-corrected chi connectivity index (χ0v) is 35.1. The summed E-state index contributed by atoms with van der Waals surface area (Å²) >= 11 is 0. The van der Waals surface area contributed by atoms with E-state index in [4.69, 9.17) is 64.6 Å². The summed E-state index contributed by atoms with van der Waals surface area (Å²) in [6.07, 6.45) is -15.5. The van der Waals surface area contributed by atoms with E-state index in [0.29, 0.717) is 0 Å². The van der Waals surface area contributed by atoms with Crippen molar-refractivity contribution in [3.8, 4) is 0 Å². The SMILES string of the molecule is COC(CN)C(OC(=O)c1ccccc1)C(OC(=O)c1ccccc1)OC1C(OC2OC(COC(C)=O)C(OC(C)=O)C(OC(C)=O)C2N)C(N)CC(NC(C)=O)C1OC(C)=O. The lowest BCUT2D eigenvalue weighted by Gasteiger charge is -2.49. The fraction of sp³-hybridized carbons (Fsp3) is 0.537. The molecule has 1 aliphatic heterocycles. The molecule has 340 valence electrons. The molecule has 0 aromatic heterocycles. The zero-order valence-electron chi connectivity index (χ0n) is 35.1. The number of rotatable bonds is 18. The predicted octanol–water partition coefficient (Wildman–Crippen LogP) is -0.215. The molecule has 4 rings (SSSR count). The summed E-state index contributed by atoms with van der Waals surface area (Å²) in [7, 11) is 1.27. The van der Waals surface area contributed by atoms with E-state index in [-0.39, 0.29) is 24.1 Å². The number of carbonyl (C=O) groups is 7. The van der Waals surface area contributed by atoms with Gasteiger partial charge in [0.2, 0.25) is 12.2 Å². The number of nitrogens with one attached hydrogen (secondary N) is 1. The van der Waals surface area contributed by atoms with Gasteiger partial charge in [-0.1, -0.05) is 36.4 Å². The standard InChI is InChI=1S/C41H54N4O17/c1-20(46)45-28-17-27(43)32(60-40-31(44)36(57-24(5)50)34(56-23(4)49)30(58-40)19-54-21(2)47)37(33(28)55-22(3)48)61-41(62-39(52)26-15-11-8-12-16-26)35(29(18-42)53-6)59-38(51)25-13-9-7-10-14-25/h7-16,27-37,40-41H,17-19,42-44H2,1-6H3,(H,45,46). The van der Waals surface area contributed by atoms with Crippen LogP contribution in [0.1, 0.15) is 61.8 Å². The van der Waals surface area contributed by atoms with Crippen LogP contribution in [0.2, 0.25) is 0 Å². The molecule has 0 spiro atoms. The third-order valence-electron chi connectivity index (χ3n) is 9.67. The van der Waals surface area contributed by atoms with Crippen molar-refractivity contribution in [2.75, 3.05) is 20.3 Å². The van der Waals surface area contributed by atoms with Gasteiger partial charge in [0.25, 0.3) is 0 Å². The third kappa shape index (κ3) is 13.5. The topological polar surface area (TPSA) is 302 Å². The largest absolute Gasteiger partial charge is 0.463 e. The molecule has 1 heterocycles. The van der Waals surface area contributed by atoms with Crippen LogP contribution in [-0.2, 0) is 71.3 Å². The number of ether oxygens (including phenoxy) is 10. The molecule has 0 radical (unpaired) electrons. The fourth-order valence-electron chi connectivity index (χ4n) is 7.02. The number of methoxy groups -OCH3 is 1. The first-order valence-corrected chi connectivity index (χ1v) is 19.6. The van der Waals surface area contributed by atoms with E-state index in [2.05, 4.69) is 5.32 Å². The maximum Gasteiger partial charge on any atom is 0.340 e. The van der Waals surface area contributed by atoms with Crippen molar-refractivity contribution >= 4 is 41.7 Å². The highest BCUT2D eigenvalue weighted by atomic mass is 16.8. The van der Waals surface area contributed by atoms with Gasteiger partial charge >= 0.3 is 35.8 Å². The highest BCUT2D eigenvalue weighted by Gasteiger charge is 2.55. The molecular formula is C41H54N4O17. The van der Waals surface area contributed by atoms with Crippen LogP contribution >= 0.6 is 0 Å². The highest BCUT2D eigenvalue weighted by Crippen LogP contribution is 2.34. The summed E-state index contributed by atoms with van der Waals surface area (Å²) in [5.74, 6) is -5.62. The molecule has 2 aliphatic rings. The Labute approximate surface area is 357 Å². The Balaban J connectivity index is 1.88. The first-order chi connectivity index (χ1) is 29.4. The van der Waals surface area contributed by atoms with Crippen molar-refractivity contribution in [1.29, 1.82) is 0 Å². The molecule has 1 saturated heterocycles. The van der Waals surface area contributed by atoms with Gasteiger partial charge < -0.3 is 69.9 Å². The third-order valence-corrected chi connectivity index (χ3v) is 9.67. The minimum atomic E-state index is -1.96. The molecule has 1 aliphatic carbocycles. The van der Waals surface area contributed by atoms with E-state index in [1.807, 2.05) is 0 Å². The van der Waals surface area contributed by atoms with E-state index in [1.54, 1.807) is 36.4 Å². The maximum absolute atomic E-state index is 13.8. The number of carbonyl (C=O) groups excluding carboxylic acids is 7. The van der Waals surface area contributed by atoms with Crippen LogP contribution < -0.4 is 22.5 Å². The van der Waals surface area contributed by atoms with Gasteiger partial charge in [-0.15, -0.1) is 0 Å². The van der Waals surface area contributed by atoms with E-state index in [1.165, 1.54) is 38.3 Å². The van der Waals surface area contributed by atoms with Crippen LogP contribution in [0.3, 0.4) is 0 Å². The van der Waals surface area contributed by atoms with Crippen LogP contribution in [0.25, 0.3) is 0 Å². The molecule has 7 N–H and O–H groups in total. The molecule has 0 bridgehead atoms. The summed E-state index contributed by atoms with van der Waals surface area (Å²) < 4.78 is 58.7. The molecule has 62 heavy (non-hydrogen) atoms. The second-order valence-corrected chi connectivity index (χ2v) is 14.4. The fourth-order valence-corrected chi connectivity index (χ4v) is 7.02. The average Bonchev–Trinajstić information content (AvgIpc) is 3.21. The van der Waals surface area contributed by atoms with Crippen LogP contribution in [0.4, 0.5) is 0 Å². The van der Waals surface area contributed by atoms with Gasteiger partial charge in [0.15, 0.2) is 30.7 Å². The Bertz CT molecular complexity index is 1850. The van der Waals surface area contributed by atoms with E-state index in [0.717, 1.165) is 27.7 Å². The van der Waals surface area contributed by atoms with Gasteiger partial charge in [-0.2, -0.15) is 0 Å². The molecule has 2 aromatic rings. The number of amides is 1. The van der Waals surface area contributed by atoms with Crippen LogP contribution in [0, 0.1) is 0 Å². The second-order valence-electron chi connectivity index (χ2n) is 14.4. The van der Waals surface area contributed by atoms with Crippen LogP contribution in [0.5, 0.6) is 0 Å². The number of hydrogen-bond donors (Lipinski definition) is 4. The van der Waals surface area contributed by atoms with Gasteiger partial charge in [0, 0.05) is 54.3 Å². The molecule has 21 heteroatoms. The lowest BCUT2D eigenvalue weighted by molar-refractivity contribution is -0.314. The van der Waals surface area contributed by atoms with Crippen molar-refractivity contribution < 1.29 is 80.9 Å². The molecule has 1 saturated carbocycles. The Morgan fingerprint density at radius 2 is 1.24 bits per heavy atom. The van der Waals surface area contributed by atoms with Crippen LogP contribution in [0.15, 0.2) is 60.7 Å². The van der Waals surface area contributed by atoms with E-state index in [9.17, 15) is 33.6 Å². The molecule has 1 amide bonds. The Kier molecular flexibility index (Phi) is 18.3. The molecule has 13 atom stereocenters. The van der Waals surface area contributed by atoms with E-state index < -0.39 is 128 Å². The Hall–Kier alpha value is -5.55. The predicted molar refractivity (Wildman–Crippen MR) is 211 cm³/mol. The summed E-state index contributed by atoms with van der Waals surface area (Å²) in [6.45, 7) is 4.78. The van der Waals surface area contributed by atoms with Crippen molar-refractivity contribution in [2.45, 2.75) is 121 Å². The van der Waals surface area contributed by atoms with Gasteiger partial charge in [-0.05, 0) is 30.7 Å². The molecular weight excluding hydrogens is 820 g/mol. The minimum Gasteiger partial charge on any atom is -0.463 e. The number of hydrogen-bond acceptors (Lipinski definition) is 20. The number of esters is 6. The summed E-state index contributed by atoms with van der Waals surface area (Å²) in [5.41, 5.74) is 19.7. The minimum absolute atomic E-state index is 0.0519. The van der Waals surface area contributed by atoms with Gasteiger partial charge in [0.05, 0.1) is 23.2 Å². The highest BCUT2D eigenvalue weighted by molar-refractivity contribution is 5.90. The van der Waals surface area contributed by atoms with Gasteiger partial charge in [-0.25, -0.2) is 9.59 Å². The number of nitrogens with two attached hydrogens (primary N) is 3. The first kappa shape index (κ1) is 49.1. The Morgan fingerprint density at radius 3 is 1.74 bits per heavy atom. The zero-order chi connectivity index (χ0) is 45.7. The van der Waals surface area contributed by atoms with Crippen molar-refractivity contribution in [3.05, 3.63) is 71.8 Å². The summed E-state index contributed by atoms with van der Waals surface area (Å²) in [4.78, 5) is 89.4. The average molecular weight is 875 g/mol. The quantitative estimate of drug-likeness (QED) is 0.0855. The van der Waals surface area contributed by atoms with Crippen molar-refractivity contribution in [2.24, 2.45) is 17.2 Å². The van der Waals surface area contributed by atoms with Crippen LogP contribution in [-0.4, -0.2) is 142 Å². The lowest BCUT2D eigenvalue weighted by atomic mass is 9.83. The number of benzene rings is 2. The van der Waals surface area contributed by atoms with Crippen molar-refractivity contribution in [1.82, 2.24) is 5.32 Å². The van der Waals surface area contributed by atoms with Crippen molar-refractivity contribution in [3.63, 3.8) is 0 Å². The molecule has 21 nitrogen and oxygen atoms in total. The summed E-state index contributed by atoms with van der Waals surface area (Å²) in [6, 6.07) is 11.9. The molecule has 2 aromatic carbocycles. The maximum atomic E-state index is 13.8. The van der Waals surface area contributed by atoms with E-state index >= 15 is 0 Å². The second kappa shape index (κ2) is 23.1. The lowest BCUT2D eigenvalue weighted by Crippen LogP contribution is -2.70. The summed E-state index contributed by atoms with van der Waals surface area (Å²) in [5, 5.41) is 2.71. The smallest absolute Gasteiger partial charge is 0.340 e. The monoisotopic (exact) mass is 874 g/mol. The van der Waals surface area contributed by atoms with Gasteiger partial charge in [-0.3, -0.25) is 24.0 Å². The molecule has 13 unspecified atom stereocenters. The Morgan fingerprint density at radius 1 is 0.710 bits per heavy atom. The normalized spacial score (nSPS) is 27.2. The van der Waals surface area contributed by atoms with Gasteiger partial charge in [0.1, 0.15) is 31.0 Å².